The first-order chi connectivity index (χ1) is 13.1. The van der Waals surface area contributed by atoms with Gasteiger partial charge in [0.05, 0.1) is 0 Å². The lowest BCUT2D eigenvalue weighted by molar-refractivity contribution is -0.122. The van der Waals surface area contributed by atoms with Crippen molar-refractivity contribution in [3.63, 3.8) is 0 Å². The lowest BCUT2D eigenvalue weighted by atomic mass is 10.2. The first kappa shape index (κ1) is 18.8. The summed E-state index contributed by atoms with van der Waals surface area (Å²) in [4.78, 5) is 15.5. The van der Waals surface area contributed by atoms with Crippen LogP contribution in [0.1, 0.15) is 6.42 Å². The van der Waals surface area contributed by atoms with Crippen LogP contribution in [0.2, 0.25) is 5.02 Å². The van der Waals surface area contributed by atoms with E-state index >= 15 is 0 Å². The van der Waals surface area contributed by atoms with Gasteiger partial charge in [0.1, 0.15) is 6.54 Å². The van der Waals surface area contributed by atoms with Gasteiger partial charge in [0.15, 0.2) is 0 Å². The van der Waals surface area contributed by atoms with Gasteiger partial charge in [-0.2, -0.15) is 4.80 Å². The van der Waals surface area contributed by atoms with Gasteiger partial charge in [-0.3, -0.25) is 4.79 Å². The van der Waals surface area contributed by atoms with Gasteiger partial charge in [0, 0.05) is 36.4 Å². The second-order valence-electron chi connectivity index (χ2n) is 6.11. The lowest BCUT2D eigenvalue weighted by Gasteiger charge is -2.19. The number of carbonyl (C=O) groups is 1. The number of amides is 1. The molecule has 0 saturated carbocycles. The Hall–Kier alpha value is -2.93. The van der Waals surface area contributed by atoms with Crippen molar-refractivity contribution < 1.29 is 4.79 Å². The van der Waals surface area contributed by atoms with Crippen LogP contribution in [0.4, 0.5) is 5.69 Å². The van der Waals surface area contributed by atoms with Crippen LogP contribution in [0.3, 0.4) is 0 Å². The van der Waals surface area contributed by atoms with E-state index in [1.807, 2.05) is 37.4 Å². The Morgan fingerprint density at radius 3 is 2.78 bits per heavy atom. The number of carbonyl (C=O) groups excluding carboxylic acids is 1. The van der Waals surface area contributed by atoms with Crippen molar-refractivity contribution in [3.8, 4) is 11.4 Å². The van der Waals surface area contributed by atoms with Crippen LogP contribution in [0.15, 0.2) is 54.6 Å². The fraction of sp³-hybridized carbons (Fsp3) is 0.263. The van der Waals surface area contributed by atoms with Crippen molar-refractivity contribution in [1.82, 2.24) is 25.5 Å². The Kier molecular flexibility index (Phi) is 6.38. The number of rotatable bonds is 8. The molecule has 1 heterocycles. The number of aromatic nitrogens is 4. The SMILES string of the molecule is CN(CCCNC(=O)Cn1nnc(-c2cccc(Cl)c2)n1)c1ccccc1. The molecule has 0 aliphatic rings. The molecule has 0 spiro atoms. The molecule has 0 bridgehead atoms. The third-order valence-corrected chi connectivity index (χ3v) is 4.25. The number of nitrogens with zero attached hydrogens (tertiary/aromatic N) is 5. The number of nitrogens with one attached hydrogen (secondary N) is 1. The number of hydrogen-bond acceptors (Lipinski definition) is 5. The summed E-state index contributed by atoms with van der Waals surface area (Å²) in [5.41, 5.74) is 1.92. The highest BCUT2D eigenvalue weighted by molar-refractivity contribution is 6.30. The van der Waals surface area contributed by atoms with Gasteiger partial charge in [0.2, 0.25) is 11.7 Å². The van der Waals surface area contributed by atoms with Crippen LogP contribution >= 0.6 is 11.6 Å². The highest BCUT2D eigenvalue weighted by Crippen LogP contribution is 2.18. The molecule has 1 aromatic heterocycles. The summed E-state index contributed by atoms with van der Waals surface area (Å²) in [6.07, 6.45) is 0.843. The molecule has 0 aliphatic carbocycles. The van der Waals surface area contributed by atoms with Crippen LogP contribution in [0.25, 0.3) is 11.4 Å². The average Bonchev–Trinajstić information content (AvgIpc) is 3.14. The predicted molar refractivity (Wildman–Crippen MR) is 106 cm³/mol. The van der Waals surface area contributed by atoms with E-state index in [2.05, 4.69) is 37.8 Å². The highest BCUT2D eigenvalue weighted by Gasteiger charge is 2.09. The number of hydrogen-bond donors (Lipinski definition) is 1. The fourth-order valence-electron chi connectivity index (χ4n) is 2.59. The number of halogens is 1. The third-order valence-electron chi connectivity index (χ3n) is 4.01. The molecule has 7 nitrogen and oxygen atoms in total. The monoisotopic (exact) mass is 384 g/mol. The second kappa shape index (κ2) is 9.14. The van der Waals surface area contributed by atoms with E-state index in [1.54, 1.807) is 12.1 Å². The van der Waals surface area contributed by atoms with Gasteiger partial charge in [-0.15, -0.1) is 10.2 Å². The second-order valence-corrected chi connectivity index (χ2v) is 6.55. The van der Waals surface area contributed by atoms with Crippen molar-refractivity contribution in [2.24, 2.45) is 0 Å². The topological polar surface area (TPSA) is 75.9 Å². The van der Waals surface area contributed by atoms with Gasteiger partial charge in [-0.05, 0) is 35.9 Å². The number of benzene rings is 2. The minimum atomic E-state index is -0.146. The summed E-state index contributed by atoms with van der Waals surface area (Å²) in [7, 11) is 2.04. The summed E-state index contributed by atoms with van der Waals surface area (Å²) in [5.74, 6) is 0.294. The van der Waals surface area contributed by atoms with E-state index < -0.39 is 0 Å². The first-order valence-corrected chi connectivity index (χ1v) is 9.06. The Morgan fingerprint density at radius 1 is 1.19 bits per heavy atom. The van der Waals surface area contributed by atoms with Crippen molar-refractivity contribution in [3.05, 3.63) is 59.6 Å². The zero-order valence-corrected chi connectivity index (χ0v) is 15.8. The zero-order chi connectivity index (χ0) is 19.1. The molecule has 0 aliphatic heterocycles. The maximum absolute atomic E-state index is 12.1. The molecular formula is C19H21ClN6O. The van der Waals surface area contributed by atoms with Gasteiger partial charge in [-0.25, -0.2) is 0 Å². The maximum atomic E-state index is 12.1. The van der Waals surface area contributed by atoms with E-state index in [0.29, 0.717) is 17.4 Å². The Labute approximate surface area is 162 Å². The van der Waals surface area contributed by atoms with Gasteiger partial charge in [-0.1, -0.05) is 41.9 Å². The molecule has 0 unspecified atom stereocenters. The van der Waals surface area contributed by atoms with E-state index in [0.717, 1.165) is 24.2 Å². The third kappa shape index (κ3) is 5.52. The predicted octanol–water partition coefficient (Wildman–Crippen LogP) is 2.64. The summed E-state index contributed by atoms with van der Waals surface area (Å²) in [5, 5.41) is 15.6. The Balaban J connectivity index is 1.42. The standard InChI is InChI=1S/C19H21ClN6O/c1-25(17-9-3-2-4-10-17)12-6-11-21-18(27)14-26-23-19(22-24-26)15-7-5-8-16(20)13-15/h2-5,7-10,13H,6,11-12,14H2,1H3,(H,21,27). The molecule has 140 valence electrons. The molecule has 0 saturated heterocycles. The number of para-hydroxylation sites is 1. The van der Waals surface area contributed by atoms with Crippen LogP contribution in [-0.2, 0) is 11.3 Å². The van der Waals surface area contributed by atoms with E-state index in [4.69, 9.17) is 11.6 Å². The van der Waals surface area contributed by atoms with Crippen LogP contribution in [0.5, 0.6) is 0 Å². The molecule has 0 fully saturated rings. The molecule has 8 heteroatoms. The fourth-order valence-corrected chi connectivity index (χ4v) is 2.78. The van der Waals surface area contributed by atoms with E-state index in [-0.39, 0.29) is 12.5 Å². The van der Waals surface area contributed by atoms with Crippen molar-refractivity contribution in [1.29, 1.82) is 0 Å². The minimum Gasteiger partial charge on any atom is -0.375 e. The van der Waals surface area contributed by atoms with Crippen molar-refractivity contribution >= 4 is 23.2 Å². The highest BCUT2D eigenvalue weighted by atomic mass is 35.5. The maximum Gasteiger partial charge on any atom is 0.243 e. The molecule has 0 radical (unpaired) electrons. The molecular weight excluding hydrogens is 364 g/mol. The molecule has 1 N–H and O–H groups in total. The van der Waals surface area contributed by atoms with Gasteiger partial charge >= 0.3 is 0 Å². The zero-order valence-electron chi connectivity index (χ0n) is 15.0. The van der Waals surface area contributed by atoms with Crippen molar-refractivity contribution in [2.75, 3.05) is 25.0 Å². The largest absolute Gasteiger partial charge is 0.375 e. The smallest absolute Gasteiger partial charge is 0.243 e. The van der Waals surface area contributed by atoms with Gasteiger partial charge in [0.25, 0.3) is 0 Å². The Morgan fingerprint density at radius 2 is 2.00 bits per heavy atom. The molecule has 3 aromatic rings. The summed E-state index contributed by atoms with van der Waals surface area (Å²) >= 11 is 5.97. The lowest BCUT2D eigenvalue weighted by Crippen LogP contribution is -2.31. The Bertz CT molecular complexity index is 883. The quantitative estimate of drug-likeness (QED) is 0.604. The van der Waals surface area contributed by atoms with E-state index in [9.17, 15) is 4.79 Å². The van der Waals surface area contributed by atoms with Gasteiger partial charge < -0.3 is 10.2 Å². The van der Waals surface area contributed by atoms with Crippen LogP contribution in [-0.4, -0.2) is 46.3 Å². The van der Waals surface area contributed by atoms with Crippen molar-refractivity contribution in [2.45, 2.75) is 13.0 Å². The molecule has 27 heavy (non-hydrogen) atoms. The first-order valence-electron chi connectivity index (χ1n) is 8.68. The number of tetrazole rings is 1. The van der Waals surface area contributed by atoms with Crippen LogP contribution < -0.4 is 10.2 Å². The molecule has 2 aromatic carbocycles. The van der Waals surface area contributed by atoms with E-state index in [1.165, 1.54) is 4.80 Å². The molecule has 0 atom stereocenters. The molecule has 1 amide bonds. The van der Waals surface area contributed by atoms with Crippen LogP contribution in [0, 0.1) is 0 Å². The summed E-state index contributed by atoms with van der Waals surface area (Å²) in [6, 6.07) is 17.3. The average molecular weight is 385 g/mol. The summed E-state index contributed by atoms with van der Waals surface area (Å²) < 4.78 is 0. The molecule has 3 rings (SSSR count). The minimum absolute atomic E-state index is 0.0299. The summed E-state index contributed by atoms with van der Waals surface area (Å²) in [6.45, 7) is 1.47. The number of anilines is 1. The normalized spacial score (nSPS) is 10.6.